The Morgan fingerprint density at radius 3 is 2.45 bits per heavy atom. The summed E-state index contributed by atoms with van der Waals surface area (Å²) in [5, 5.41) is 11.8. The second kappa shape index (κ2) is 9.74. The Hall–Kier alpha value is -3.89. The molecule has 1 aliphatic rings. The highest BCUT2D eigenvalue weighted by atomic mass is 16.5. The first kappa shape index (κ1) is 20.4. The molecule has 1 aromatic heterocycles. The third-order valence-electron chi connectivity index (χ3n) is 5.12. The Morgan fingerprint density at radius 1 is 1.00 bits per heavy atom. The van der Waals surface area contributed by atoms with Gasteiger partial charge in [-0.15, -0.1) is 0 Å². The van der Waals surface area contributed by atoms with Crippen molar-refractivity contribution in [2.45, 2.75) is 6.54 Å². The van der Waals surface area contributed by atoms with Crippen LogP contribution >= 0.6 is 0 Å². The average molecular weight is 413 g/mol. The molecule has 156 valence electrons. The Bertz CT molecular complexity index is 1060. The molecular formula is C24H23N5O2. The first-order chi connectivity index (χ1) is 15.2. The van der Waals surface area contributed by atoms with Crippen molar-refractivity contribution in [3.63, 3.8) is 0 Å². The Labute approximate surface area is 181 Å². The van der Waals surface area contributed by atoms with Crippen molar-refractivity contribution in [1.29, 1.82) is 5.26 Å². The highest BCUT2D eigenvalue weighted by Crippen LogP contribution is 2.27. The molecule has 7 heteroatoms. The number of urea groups is 1. The van der Waals surface area contributed by atoms with Crippen LogP contribution in [0.2, 0.25) is 0 Å². The van der Waals surface area contributed by atoms with E-state index >= 15 is 0 Å². The van der Waals surface area contributed by atoms with E-state index in [4.69, 9.17) is 10.00 Å². The minimum absolute atomic E-state index is 0.163. The average Bonchev–Trinajstić information content (AvgIpc) is 2.82. The Balaban J connectivity index is 1.32. The SMILES string of the molecule is N#Cc1ccc(CN2CCN(C(=O)Nc3cccnc3Oc3ccccc3)CC2)cc1. The summed E-state index contributed by atoms with van der Waals surface area (Å²) in [4.78, 5) is 21.2. The van der Waals surface area contributed by atoms with Gasteiger partial charge in [-0.2, -0.15) is 5.26 Å². The van der Waals surface area contributed by atoms with E-state index < -0.39 is 0 Å². The minimum atomic E-state index is -0.163. The van der Waals surface area contributed by atoms with Crippen LogP contribution in [0, 0.1) is 11.3 Å². The zero-order chi connectivity index (χ0) is 21.5. The smallest absolute Gasteiger partial charge is 0.322 e. The lowest BCUT2D eigenvalue weighted by Gasteiger charge is -2.34. The molecule has 1 saturated heterocycles. The fourth-order valence-electron chi connectivity index (χ4n) is 3.41. The zero-order valence-corrected chi connectivity index (χ0v) is 17.1. The number of anilines is 1. The predicted molar refractivity (Wildman–Crippen MR) is 118 cm³/mol. The second-order valence-corrected chi connectivity index (χ2v) is 7.27. The summed E-state index contributed by atoms with van der Waals surface area (Å²) in [6.07, 6.45) is 1.63. The highest BCUT2D eigenvalue weighted by molar-refractivity contribution is 5.90. The number of nitrogens with zero attached hydrogens (tertiary/aromatic N) is 4. The van der Waals surface area contributed by atoms with Crippen LogP contribution in [0.1, 0.15) is 11.1 Å². The van der Waals surface area contributed by atoms with Crippen LogP contribution in [-0.2, 0) is 6.54 Å². The van der Waals surface area contributed by atoms with Crippen LogP contribution in [0.4, 0.5) is 10.5 Å². The summed E-state index contributed by atoms with van der Waals surface area (Å²) < 4.78 is 5.82. The van der Waals surface area contributed by atoms with E-state index in [1.807, 2.05) is 54.6 Å². The Kier molecular flexibility index (Phi) is 6.41. The molecule has 1 aliphatic heterocycles. The van der Waals surface area contributed by atoms with E-state index in [-0.39, 0.29) is 6.03 Å². The number of ether oxygens (including phenoxy) is 1. The first-order valence-corrected chi connectivity index (χ1v) is 10.2. The highest BCUT2D eigenvalue weighted by Gasteiger charge is 2.22. The third kappa shape index (κ3) is 5.38. The van der Waals surface area contributed by atoms with Crippen LogP contribution < -0.4 is 10.1 Å². The molecule has 0 bridgehead atoms. The quantitative estimate of drug-likeness (QED) is 0.681. The van der Waals surface area contributed by atoms with Crippen LogP contribution in [0.25, 0.3) is 0 Å². The van der Waals surface area contributed by atoms with Gasteiger partial charge in [-0.3, -0.25) is 4.90 Å². The predicted octanol–water partition coefficient (Wildman–Crippen LogP) is 4.10. The molecule has 0 unspecified atom stereocenters. The number of rotatable bonds is 5. The summed E-state index contributed by atoms with van der Waals surface area (Å²) in [6.45, 7) is 3.65. The van der Waals surface area contributed by atoms with Gasteiger partial charge in [0.1, 0.15) is 11.4 Å². The van der Waals surface area contributed by atoms with Gasteiger partial charge in [-0.05, 0) is 42.0 Å². The van der Waals surface area contributed by atoms with Gasteiger partial charge in [0, 0.05) is 38.9 Å². The molecule has 0 spiro atoms. The molecule has 1 N–H and O–H groups in total. The number of benzene rings is 2. The number of amides is 2. The van der Waals surface area contributed by atoms with Gasteiger partial charge in [-0.25, -0.2) is 9.78 Å². The molecule has 7 nitrogen and oxygen atoms in total. The molecule has 2 aromatic carbocycles. The van der Waals surface area contributed by atoms with E-state index in [1.54, 1.807) is 23.2 Å². The molecular weight excluding hydrogens is 390 g/mol. The monoisotopic (exact) mass is 413 g/mol. The van der Waals surface area contributed by atoms with Crippen molar-refractivity contribution in [3.8, 4) is 17.7 Å². The maximum absolute atomic E-state index is 12.8. The molecule has 0 atom stereocenters. The fraction of sp³-hybridized carbons (Fsp3) is 0.208. The number of hydrogen-bond donors (Lipinski definition) is 1. The number of piperazine rings is 1. The number of pyridine rings is 1. The summed E-state index contributed by atoms with van der Waals surface area (Å²) in [5.41, 5.74) is 2.36. The molecule has 31 heavy (non-hydrogen) atoms. The number of hydrogen-bond acceptors (Lipinski definition) is 5. The van der Waals surface area contributed by atoms with E-state index in [9.17, 15) is 4.79 Å². The van der Waals surface area contributed by atoms with Crippen molar-refractivity contribution in [3.05, 3.63) is 84.1 Å². The standard InChI is InChI=1S/C24H23N5O2/c25-17-19-8-10-20(11-9-19)18-28-13-15-29(16-14-28)24(30)27-22-7-4-12-26-23(22)31-21-5-2-1-3-6-21/h1-12H,13-16,18H2,(H,27,30). The molecule has 0 saturated carbocycles. The summed E-state index contributed by atoms with van der Waals surface area (Å²) in [5.74, 6) is 1.02. The summed E-state index contributed by atoms with van der Waals surface area (Å²) in [7, 11) is 0. The van der Waals surface area contributed by atoms with Crippen LogP contribution in [-0.4, -0.2) is 47.0 Å². The van der Waals surface area contributed by atoms with E-state index in [1.165, 1.54) is 0 Å². The number of nitriles is 1. The number of carbonyl (C=O) groups is 1. The van der Waals surface area contributed by atoms with Crippen molar-refractivity contribution in [2.24, 2.45) is 0 Å². The normalized spacial score (nSPS) is 14.0. The van der Waals surface area contributed by atoms with Crippen molar-refractivity contribution in [1.82, 2.24) is 14.8 Å². The lowest BCUT2D eigenvalue weighted by atomic mass is 10.1. The molecule has 1 fully saturated rings. The maximum atomic E-state index is 12.8. The summed E-state index contributed by atoms with van der Waals surface area (Å²) >= 11 is 0. The van der Waals surface area contributed by atoms with Crippen molar-refractivity contribution in [2.75, 3.05) is 31.5 Å². The second-order valence-electron chi connectivity index (χ2n) is 7.27. The molecule has 0 aliphatic carbocycles. The van der Waals surface area contributed by atoms with E-state index in [2.05, 4.69) is 21.3 Å². The lowest BCUT2D eigenvalue weighted by Crippen LogP contribution is -2.49. The van der Waals surface area contributed by atoms with Gasteiger partial charge in [0.05, 0.1) is 11.6 Å². The van der Waals surface area contributed by atoms with Crippen LogP contribution in [0.3, 0.4) is 0 Å². The first-order valence-electron chi connectivity index (χ1n) is 10.2. The van der Waals surface area contributed by atoms with Gasteiger partial charge < -0.3 is 15.0 Å². The molecule has 4 rings (SSSR count). The minimum Gasteiger partial charge on any atom is -0.437 e. The number of nitrogens with one attached hydrogen (secondary N) is 1. The van der Waals surface area contributed by atoms with Gasteiger partial charge in [0.15, 0.2) is 0 Å². The number of para-hydroxylation sites is 1. The zero-order valence-electron chi connectivity index (χ0n) is 17.1. The van der Waals surface area contributed by atoms with Gasteiger partial charge >= 0.3 is 6.03 Å². The van der Waals surface area contributed by atoms with Gasteiger partial charge in [0.25, 0.3) is 0 Å². The fourth-order valence-corrected chi connectivity index (χ4v) is 3.41. The molecule has 3 aromatic rings. The largest absolute Gasteiger partial charge is 0.437 e. The third-order valence-corrected chi connectivity index (χ3v) is 5.12. The Morgan fingerprint density at radius 2 is 1.74 bits per heavy atom. The number of carbonyl (C=O) groups excluding carboxylic acids is 1. The molecule has 2 heterocycles. The lowest BCUT2D eigenvalue weighted by molar-refractivity contribution is 0.143. The molecule has 2 amide bonds. The topological polar surface area (TPSA) is 81.5 Å². The van der Waals surface area contributed by atoms with Gasteiger partial charge in [0.2, 0.25) is 5.88 Å². The molecule has 0 radical (unpaired) electrons. The maximum Gasteiger partial charge on any atom is 0.322 e. The van der Waals surface area contributed by atoms with E-state index in [0.717, 1.165) is 25.2 Å². The van der Waals surface area contributed by atoms with Gasteiger partial charge in [-0.1, -0.05) is 30.3 Å². The van der Waals surface area contributed by atoms with Crippen LogP contribution in [0.5, 0.6) is 11.6 Å². The van der Waals surface area contributed by atoms with E-state index in [0.29, 0.717) is 36.0 Å². The number of aromatic nitrogens is 1. The van der Waals surface area contributed by atoms with Crippen molar-refractivity contribution < 1.29 is 9.53 Å². The van der Waals surface area contributed by atoms with Crippen molar-refractivity contribution >= 4 is 11.7 Å². The van der Waals surface area contributed by atoms with Crippen LogP contribution in [0.15, 0.2) is 72.9 Å². The summed E-state index contributed by atoms with van der Waals surface area (Å²) in [6, 6.07) is 22.5.